The van der Waals surface area contributed by atoms with Gasteiger partial charge in [0.15, 0.2) is 5.11 Å². The molecular weight excluding hydrogens is 309 g/mol. The average Bonchev–Trinajstić information content (AvgIpc) is 2.97. The Bertz CT molecular complexity index is 645. The van der Waals surface area contributed by atoms with Crippen LogP contribution in [0.2, 0.25) is 0 Å². The minimum Gasteiger partial charge on any atom is -0.358 e. The second-order valence-electron chi connectivity index (χ2n) is 5.81. The summed E-state index contributed by atoms with van der Waals surface area (Å²) in [6, 6.07) is 17.0. The first-order chi connectivity index (χ1) is 11.2. The molecule has 0 spiro atoms. The standard InChI is InChI=1S/C18H20FN3S/c19-15-6-8-16(9-7-15)20-18(23)21-17-10-11-22(13-17)12-14-4-2-1-3-5-14/h1-9,17H,10-13H2,(H2,20,21,23). The van der Waals surface area contributed by atoms with Crippen LogP contribution in [0.15, 0.2) is 54.6 Å². The number of thiocarbonyl (C=S) groups is 1. The van der Waals surface area contributed by atoms with Crippen LogP contribution >= 0.6 is 12.2 Å². The molecule has 1 aliphatic heterocycles. The Balaban J connectivity index is 1.46. The number of likely N-dealkylation sites (tertiary alicyclic amines) is 1. The number of halogens is 1. The first-order valence-electron chi connectivity index (χ1n) is 7.78. The monoisotopic (exact) mass is 329 g/mol. The first kappa shape index (κ1) is 15.9. The van der Waals surface area contributed by atoms with Crippen LogP contribution in [0.3, 0.4) is 0 Å². The van der Waals surface area contributed by atoms with Gasteiger partial charge < -0.3 is 10.6 Å². The maximum atomic E-state index is 12.9. The highest BCUT2D eigenvalue weighted by molar-refractivity contribution is 7.80. The predicted molar refractivity (Wildman–Crippen MR) is 95.9 cm³/mol. The van der Waals surface area contributed by atoms with Crippen LogP contribution in [0.5, 0.6) is 0 Å². The number of benzene rings is 2. The van der Waals surface area contributed by atoms with E-state index in [2.05, 4.69) is 39.8 Å². The molecule has 120 valence electrons. The van der Waals surface area contributed by atoms with Crippen LogP contribution in [-0.2, 0) is 6.54 Å². The molecule has 0 amide bonds. The second kappa shape index (κ2) is 7.53. The highest BCUT2D eigenvalue weighted by Crippen LogP contribution is 2.14. The molecule has 2 N–H and O–H groups in total. The Morgan fingerprint density at radius 1 is 1.13 bits per heavy atom. The van der Waals surface area contributed by atoms with Gasteiger partial charge in [0, 0.05) is 31.4 Å². The lowest BCUT2D eigenvalue weighted by atomic mass is 10.2. The summed E-state index contributed by atoms with van der Waals surface area (Å²) >= 11 is 5.34. The van der Waals surface area contributed by atoms with E-state index in [0.717, 1.165) is 31.7 Å². The van der Waals surface area contributed by atoms with E-state index < -0.39 is 0 Å². The Labute approximate surface area is 141 Å². The van der Waals surface area contributed by atoms with Crippen molar-refractivity contribution in [2.24, 2.45) is 0 Å². The number of rotatable bonds is 4. The van der Waals surface area contributed by atoms with Gasteiger partial charge in [-0.05, 0) is 48.5 Å². The molecule has 5 heteroatoms. The number of hydrogen-bond acceptors (Lipinski definition) is 2. The Morgan fingerprint density at radius 3 is 2.61 bits per heavy atom. The zero-order valence-electron chi connectivity index (χ0n) is 12.8. The topological polar surface area (TPSA) is 27.3 Å². The molecule has 3 rings (SSSR count). The minimum atomic E-state index is -0.248. The molecule has 1 atom stereocenters. The Hall–Kier alpha value is -1.98. The van der Waals surface area contributed by atoms with E-state index in [9.17, 15) is 4.39 Å². The highest BCUT2D eigenvalue weighted by Gasteiger charge is 2.22. The number of anilines is 1. The van der Waals surface area contributed by atoms with E-state index in [4.69, 9.17) is 12.2 Å². The molecule has 2 aromatic carbocycles. The Morgan fingerprint density at radius 2 is 1.87 bits per heavy atom. The minimum absolute atomic E-state index is 0.248. The highest BCUT2D eigenvalue weighted by atomic mass is 32.1. The number of nitrogens with one attached hydrogen (secondary N) is 2. The molecule has 0 bridgehead atoms. The van der Waals surface area contributed by atoms with E-state index in [1.54, 1.807) is 12.1 Å². The third kappa shape index (κ3) is 4.74. The van der Waals surface area contributed by atoms with Crippen LogP contribution in [0.25, 0.3) is 0 Å². The van der Waals surface area contributed by atoms with Crippen LogP contribution in [0.4, 0.5) is 10.1 Å². The third-order valence-corrected chi connectivity index (χ3v) is 4.18. The van der Waals surface area contributed by atoms with Crippen LogP contribution in [-0.4, -0.2) is 29.1 Å². The van der Waals surface area contributed by atoms with Gasteiger partial charge in [-0.25, -0.2) is 4.39 Å². The van der Waals surface area contributed by atoms with Gasteiger partial charge >= 0.3 is 0 Å². The van der Waals surface area contributed by atoms with E-state index in [-0.39, 0.29) is 5.82 Å². The lowest BCUT2D eigenvalue weighted by Gasteiger charge is -2.18. The smallest absolute Gasteiger partial charge is 0.171 e. The van der Waals surface area contributed by atoms with Crippen molar-refractivity contribution in [2.45, 2.75) is 19.0 Å². The van der Waals surface area contributed by atoms with Crippen LogP contribution in [0.1, 0.15) is 12.0 Å². The van der Waals surface area contributed by atoms with E-state index in [0.29, 0.717) is 11.2 Å². The van der Waals surface area contributed by atoms with Crippen molar-refractivity contribution >= 4 is 23.0 Å². The van der Waals surface area contributed by atoms with Gasteiger partial charge in [0.25, 0.3) is 0 Å². The van der Waals surface area contributed by atoms with Gasteiger partial charge in [-0.15, -0.1) is 0 Å². The zero-order valence-corrected chi connectivity index (χ0v) is 13.7. The molecule has 1 aliphatic rings. The molecule has 0 saturated carbocycles. The SMILES string of the molecule is Fc1ccc(NC(=S)NC2CCN(Cc3ccccc3)C2)cc1. The van der Waals surface area contributed by atoms with Crippen molar-refractivity contribution in [2.75, 3.05) is 18.4 Å². The predicted octanol–water partition coefficient (Wildman–Crippen LogP) is 3.39. The summed E-state index contributed by atoms with van der Waals surface area (Å²) in [6.07, 6.45) is 1.07. The van der Waals surface area contributed by atoms with E-state index in [1.807, 2.05) is 6.07 Å². The number of nitrogens with zero attached hydrogens (tertiary/aromatic N) is 1. The third-order valence-electron chi connectivity index (χ3n) is 3.96. The van der Waals surface area contributed by atoms with Gasteiger partial charge in [-0.3, -0.25) is 4.90 Å². The van der Waals surface area contributed by atoms with Crippen LogP contribution in [0, 0.1) is 5.82 Å². The van der Waals surface area contributed by atoms with E-state index >= 15 is 0 Å². The molecular formula is C18H20FN3S. The molecule has 1 fully saturated rings. The van der Waals surface area contributed by atoms with Crippen molar-refractivity contribution in [1.29, 1.82) is 0 Å². The average molecular weight is 329 g/mol. The summed E-state index contributed by atoms with van der Waals surface area (Å²) < 4.78 is 12.9. The molecule has 0 aliphatic carbocycles. The van der Waals surface area contributed by atoms with Gasteiger partial charge in [-0.1, -0.05) is 30.3 Å². The Kier molecular flexibility index (Phi) is 5.20. The quantitative estimate of drug-likeness (QED) is 0.841. The zero-order chi connectivity index (χ0) is 16.1. The van der Waals surface area contributed by atoms with Crippen molar-refractivity contribution in [3.05, 3.63) is 66.0 Å². The van der Waals surface area contributed by atoms with Crippen molar-refractivity contribution < 1.29 is 4.39 Å². The summed E-state index contributed by atoms with van der Waals surface area (Å²) in [6.45, 7) is 3.00. The molecule has 1 saturated heterocycles. The summed E-state index contributed by atoms with van der Waals surface area (Å²) in [5, 5.41) is 7.02. The molecule has 3 nitrogen and oxygen atoms in total. The normalized spacial score (nSPS) is 17.9. The van der Waals surface area contributed by atoms with Crippen molar-refractivity contribution in [3.8, 4) is 0 Å². The lowest BCUT2D eigenvalue weighted by molar-refractivity contribution is 0.324. The summed E-state index contributed by atoms with van der Waals surface area (Å²) in [5.74, 6) is -0.248. The largest absolute Gasteiger partial charge is 0.358 e. The fourth-order valence-electron chi connectivity index (χ4n) is 2.82. The number of hydrogen-bond donors (Lipinski definition) is 2. The fraction of sp³-hybridized carbons (Fsp3) is 0.278. The molecule has 1 heterocycles. The summed E-state index contributed by atoms with van der Waals surface area (Å²) in [7, 11) is 0. The maximum Gasteiger partial charge on any atom is 0.171 e. The molecule has 2 aromatic rings. The summed E-state index contributed by atoms with van der Waals surface area (Å²) in [5.41, 5.74) is 2.13. The van der Waals surface area contributed by atoms with Crippen LogP contribution < -0.4 is 10.6 Å². The van der Waals surface area contributed by atoms with Gasteiger partial charge in [0.05, 0.1) is 0 Å². The van der Waals surface area contributed by atoms with Gasteiger partial charge in [0.1, 0.15) is 5.82 Å². The fourth-order valence-corrected chi connectivity index (χ4v) is 3.11. The van der Waals surface area contributed by atoms with Crippen molar-refractivity contribution in [1.82, 2.24) is 10.2 Å². The molecule has 0 aromatic heterocycles. The maximum absolute atomic E-state index is 12.9. The van der Waals surface area contributed by atoms with Crippen molar-refractivity contribution in [3.63, 3.8) is 0 Å². The van der Waals surface area contributed by atoms with Gasteiger partial charge in [0.2, 0.25) is 0 Å². The first-order valence-corrected chi connectivity index (χ1v) is 8.19. The molecule has 1 unspecified atom stereocenters. The molecule has 0 radical (unpaired) electrons. The summed E-state index contributed by atoms with van der Waals surface area (Å²) in [4.78, 5) is 2.42. The second-order valence-corrected chi connectivity index (χ2v) is 6.22. The van der Waals surface area contributed by atoms with Gasteiger partial charge in [-0.2, -0.15) is 0 Å². The molecule has 23 heavy (non-hydrogen) atoms. The van der Waals surface area contributed by atoms with E-state index in [1.165, 1.54) is 17.7 Å². The lowest BCUT2D eigenvalue weighted by Crippen LogP contribution is -2.39.